The van der Waals surface area contributed by atoms with E-state index < -0.39 is 85.3 Å². The number of aromatic carboxylic acids is 2. The summed E-state index contributed by atoms with van der Waals surface area (Å²) in [5.74, 6) is -5.12. The Bertz CT molecular complexity index is 7820. The summed E-state index contributed by atoms with van der Waals surface area (Å²) in [6, 6.07) is 90.4. The van der Waals surface area contributed by atoms with Crippen molar-refractivity contribution in [2.24, 2.45) is 0 Å². The zero-order valence-electron chi connectivity index (χ0n) is 74.4. The summed E-state index contributed by atoms with van der Waals surface area (Å²) in [5, 5.41) is 62.5. The van der Waals surface area contributed by atoms with Crippen molar-refractivity contribution in [1.82, 2.24) is 0 Å². The quantitative estimate of drug-likeness (QED) is 0.0235. The summed E-state index contributed by atoms with van der Waals surface area (Å²) in [5.41, 5.74) is 10.9. The van der Waals surface area contributed by atoms with Gasteiger partial charge in [-0.2, -0.15) is 13.2 Å². The number of methoxy groups -OCH3 is 1. The van der Waals surface area contributed by atoms with Crippen molar-refractivity contribution >= 4 is 187 Å². The maximum absolute atomic E-state index is 13.1. The number of aliphatic hydroxyl groups is 4. The SMILES string of the molecule is C=C(O)c1ccc(-c2ccccc2)cc1CS(=O)(=O)c1cc(Br)cc(C(=O)O)c1.C=C(O)c1ccc(-c2ccccc2)cc1CS(=O)(=O)c1cc(Br)cc(C(F)(F)F)c1.C=C(O)c1ccc(-c2ccccc2)cc1CS(=O)(=O)c1ccc(Cl)cc1Cl.C=C(O)c1ccc(-c2ccccc2)cc1NC(=O)c1cc(Cl)cc(Cl)c1OC.O=C(O)c1ccc(-c2ccccc2)cc1CCS(=O)(=O)c1cc(Cl)cc(Cl)c1. The van der Waals surface area contributed by atoms with Gasteiger partial charge in [-0.3, -0.25) is 4.79 Å². The molecule has 0 fully saturated rings. The molecule has 7 N–H and O–H groups in total. The first-order valence-corrected chi connectivity index (χ1v) is 52.3. The summed E-state index contributed by atoms with van der Waals surface area (Å²) in [6.07, 6.45) is -4.64. The third-order valence-corrected chi connectivity index (χ3v) is 30.5. The van der Waals surface area contributed by atoms with Crippen molar-refractivity contribution in [2.45, 2.75) is 49.4 Å². The molecule has 0 bridgehead atoms. The minimum Gasteiger partial charge on any atom is -0.508 e. The molecular formula is C108H82Br2Cl6F3NO18S4. The first kappa shape index (κ1) is 109. The molecule has 0 saturated carbocycles. The van der Waals surface area contributed by atoms with Crippen LogP contribution in [0.1, 0.15) is 81.1 Å². The summed E-state index contributed by atoms with van der Waals surface area (Å²) < 4.78 is 148. The van der Waals surface area contributed by atoms with Crippen LogP contribution in [-0.2, 0) is 69.2 Å². The smallest absolute Gasteiger partial charge is 0.416 e. The highest BCUT2D eigenvalue weighted by Crippen LogP contribution is 2.41. The monoisotopic (exact) mass is 2230 g/mol. The number of aliphatic hydroxyl groups excluding tert-OH is 4. The van der Waals surface area contributed by atoms with E-state index >= 15 is 0 Å². The van der Waals surface area contributed by atoms with Gasteiger partial charge in [-0.15, -0.1) is 0 Å². The van der Waals surface area contributed by atoms with Crippen molar-refractivity contribution in [3.63, 3.8) is 0 Å². The Kier molecular flexibility index (Phi) is 37.1. The average molecular weight is 2240 g/mol. The van der Waals surface area contributed by atoms with Gasteiger partial charge in [-0.05, 0) is 206 Å². The van der Waals surface area contributed by atoms with Crippen molar-refractivity contribution in [3.05, 3.63) is 460 Å². The Morgan fingerprint density at radius 2 is 0.690 bits per heavy atom. The molecule has 0 heterocycles. The number of anilines is 1. The molecule has 0 atom stereocenters. The van der Waals surface area contributed by atoms with Crippen LogP contribution in [0.15, 0.2) is 382 Å². The van der Waals surface area contributed by atoms with Crippen molar-refractivity contribution < 1.29 is 96.6 Å². The van der Waals surface area contributed by atoms with Gasteiger partial charge < -0.3 is 40.7 Å². The Balaban J connectivity index is 0.000000170. The van der Waals surface area contributed by atoms with Gasteiger partial charge in [-0.25, -0.2) is 43.3 Å². The number of nitrogens with one attached hydrogen (secondary N) is 1. The first-order chi connectivity index (χ1) is 67.1. The van der Waals surface area contributed by atoms with Crippen LogP contribution in [0.5, 0.6) is 5.75 Å². The molecule has 0 unspecified atom stereocenters. The fourth-order valence-corrected chi connectivity index (χ4v) is 23.4. The zero-order valence-corrected chi connectivity index (χ0v) is 85.4. The van der Waals surface area contributed by atoms with Gasteiger partial charge in [0.15, 0.2) is 39.3 Å². The molecular weight excluding hydrogens is 2160 g/mol. The topological polar surface area (TPSA) is 330 Å². The van der Waals surface area contributed by atoms with E-state index in [9.17, 15) is 91.9 Å². The van der Waals surface area contributed by atoms with Gasteiger partial charge in [0.2, 0.25) is 0 Å². The van der Waals surface area contributed by atoms with Crippen LogP contribution in [-0.4, -0.2) is 95.0 Å². The molecule has 15 aromatic carbocycles. The summed E-state index contributed by atoms with van der Waals surface area (Å²) >= 11 is 42.0. The van der Waals surface area contributed by atoms with Crippen LogP contribution in [0.3, 0.4) is 0 Å². The minimum absolute atomic E-state index is 0.000674. The molecule has 142 heavy (non-hydrogen) atoms. The maximum atomic E-state index is 13.1. The number of carboxylic acids is 2. The predicted molar refractivity (Wildman–Crippen MR) is 566 cm³/mol. The highest BCUT2D eigenvalue weighted by molar-refractivity contribution is 9.10. The second-order valence-electron chi connectivity index (χ2n) is 31.3. The van der Waals surface area contributed by atoms with Gasteiger partial charge >= 0.3 is 18.1 Å². The molecule has 0 radical (unpaired) electrons. The van der Waals surface area contributed by atoms with Crippen molar-refractivity contribution in [2.75, 3.05) is 18.2 Å². The third kappa shape index (κ3) is 29.4. The van der Waals surface area contributed by atoms with Crippen molar-refractivity contribution in [3.8, 4) is 61.4 Å². The molecule has 0 aromatic heterocycles. The lowest BCUT2D eigenvalue weighted by atomic mass is 9.98. The van der Waals surface area contributed by atoms with E-state index in [0.29, 0.717) is 65.2 Å². The lowest BCUT2D eigenvalue weighted by molar-refractivity contribution is -0.137. The molecule has 0 spiro atoms. The minimum atomic E-state index is -4.69. The van der Waals surface area contributed by atoms with Crippen LogP contribution >= 0.6 is 101 Å². The Labute approximate surface area is 865 Å². The fourth-order valence-electron chi connectivity index (χ4n) is 14.5. The number of carbonyl (C=O) groups excluding carboxylic acids is 1. The van der Waals surface area contributed by atoms with Gasteiger partial charge in [-0.1, -0.05) is 334 Å². The number of benzene rings is 15. The summed E-state index contributed by atoms with van der Waals surface area (Å²) in [7, 11) is -14.1. The van der Waals surface area contributed by atoms with Gasteiger partial charge in [0.05, 0.1) is 87.7 Å². The molecule has 15 aromatic rings. The standard InChI is InChI=1S/C22H16BrF3O3S.C22H17BrO5S.C22H17Cl2NO3.C21H16Cl2O4S.C21H16Cl2O3S/c1-14(27)21-8-7-16(15-5-3-2-4-6-15)9-17(21)13-30(28,29)20-11-18(22(24,25)26)10-19(23)12-20;1-14(24)21-8-7-16(15-5-3-2-4-6-15)9-18(21)13-29(27,28)20-11-17(22(25)26)10-19(23)12-20;1-13(26)17-9-8-15(14-6-4-3-5-7-14)10-20(17)25-22(27)18-11-16(23)12-19(24)21(18)28-2;22-17-11-18(23)13-19(12-17)28(26,27)9-8-16-10-15(6-7-20(16)21(24)25)14-4-2-1-3-5-14;1-14(24)19-9-7-16(15-5-3-2-4-6-15)11-17(19)13-27(25,26)21-10-8-18(22)12-20(21)23/h2-12,27H,1,13H2;2-12,24H,1,13H2,(H,25,26);3-12,26H,1H2,2H3,(H,25,27);1-7,10-13H,8-9H2,(H,24,25);2-12,24H,1,13H2. The predicted octanol–water partition coefficient (Wildman–Crippen LogP) is 29.9. The number of carbonyl (C=O) groups is 3. The van der Waals surface area contributed by atoms with E-state index in [4.69, 9.17) is 74.3 Å². The lowest BCUT2D eigenvalue weighted by Gasteiger charge is -2.15. The molecule has 15 rings (SSSR count). The van der Waals surface area contributed by atoms with E-state index in [1.165, 1.54) is 79.9 Å². The van der Waals surface area contributed by atoms with E-state index in [1.54, 1.807) is 66.7 Å². The van der Waals surface area contributed by atoms with Gasteiger partial charge in [0.25, 0.3) is 5.91 Å². The number of rotatable bonds is 27. The Hall–Kier alpha value is -13.0. The molecule has 34 heteroatoms. The van der Waals surface area contributed by atoms with Gasteiger partial charge in [0, 0.05) is 51.3 Å². The number of carboxylic acid groups (broad SMARTS) is 2. The number of aryl methyl sites for hydroxylation is 1. The van der Waals surface area contributed by atoms with Gasteiger partial charge in [0.1, 0.15) is 28.8 Å². The van der Waals surface area contributed by atoms with Crippen LogP contribution in [0, 0.1) is 0 Å². The normalized spacial score (nSPS) is 11.3. The maximum Gasteiger partial charge on any atom is 0.416 e. The molecule has 19 nitrogen and oxygen atoms in total. The number of hydrogen-bond donors (Lipinski definition) is 7. The molecule has 728 valence electrons. The molecule has 0 aliphatic rings. The first-order valence-electron chi connectivity index (χ1n) is 41.9. The second-order valence-corrected chi connectivity index (χ2v) is 43.7. The van der Waals surface area contributed by atoms with E-state index in [-0.39, 0.29) is 114 Å². The molecule has 1 amide bonds. The number of halogens is 11. The fraction of sp³-hybridized carbons (Fsp3) is 0.0648. The molecule has 0 saturated heterocycles. The zero-order chi connectivity index (χ0) is 103. The number of alkyl halides is 3. The summed E-state index contributed by atoms with van der Waals surface area (Å²) in [4.78, 5) is 35.2. The molecule has 0 aliphatic carbocycles. The highest BCUT2D eigenvalue weighted by atomic mass is 79.9. The average Bonchev–Trinajstić information content (AvgIpc) is 0.791. The lowest BCUT2D eigenvalue weighted by Crippen LogP contribution is -2.15. The largest absolute Gasteiger partial charge is 0.508 e. The van der Waals surface area contributed by atoms with Crippen molar-refractivity contribution in [1.29, 1.82) is 0 Å². The van der Waals surface area contributed by atoms with Crippen LogP contribution < -0.4 is 10.1 Å². The molecule has 0 aliphatic heterocycles. The second kappa shape index (κ2) is 48.2. The number of ether oxygens (including phenoxy) is 1. The number of amides is 1. The van der Waals surface area contributed by atoms with Crippen LogP contribution in [0.25, 0.3) is 78.7 Å². The van der Waals surface area contributed by atoms with Crippen LogP contribution in [0.2, 0.25) is 30.1 Å². The number of hydrogen-bond acceptors (Lipinski definition) is 16. The van der Waals surface area contributed by atoms with E-state index in [2.05, 4.69) is 63.5 Å². The van der Waals surface area contributed by atoms with E-state index in [1.807, 2.05) is 164 Å². The third-order valence-electron chi connectivity index (χ3n) is 21.3. The van der Waals surface area contributed by atoms with E-state index in [0.717, 1.165) is 68.3 Å². The summed E-state index contributed by atoms with van der Waals surface area (Å²) in [6.45, 7) is 14.1. The highest BCUT2D eigenvalue weighted by Gasteiger charge is 2.34. The van der Waals surface area contributed by atoms with Crippen LogP contribution in [0.4, 0.5) is 18.9 Å². The number of sulfone groups is 4. The Morgan fingerprint density at radius 1 is 0.338 bits per heavy atom. The Morgan fingerprint density at radius 3 is 1.07 bits per heavy atom.